The second-order valence-electron chi connectivity index (χ2n) is 5.25. The largest absolute Gasteiger partial charge is 0.339 e. The molecule has 3 heteroatoms. The summed E-state index contributed by atoms with van der Waals surface area (Å²) in [5.41, 5.74) is 5.97. The molecule has 3 rings (SSSR count). The maximum absolute atomic E-state index is 11.9. The van der Waals surface area contributed by atoms with Crippen LogP contribution in [0.25, 0.3) is 0 Å². The van der Waals surface area contributed by atoms with Gasteiger partial charge in [-0.2, -0.15) is 0 Å². The molecule has 2 saturated carbocycles. The Bertz CT molecular complexity index is 262. The third kappa shape index (κ3) is 1.34. The minimum absolute atomic E-state index is 0.343. The summed E-state index contributed by atoms with van der Waals surface area (Å²) in [4.78, 5) is 14.1. The smallest absolute Gasteiger partial charge is 0.225 e. The van der Waals surface area contributed by atoms with E-state index in [1.807, 2.05) is 0 Å². The van der Waals surface area contributed by atoms with Crippen LogP contribution < -0.4 is 5.73 Å². The van der Waals surface area contributed by atoms with Crippen LogP contribution in [0.2, 0.25) is 0 Å². The predicted octanol–water partition coefficient (Wildman–Crippen LogP) is 0.735. The zero-order valence-corrected chi connectivity index (χ0v) is 8.48. The number of nitrogens with two attached hydrogens (primary N) is 1. The van der Waals surface area contributed by atoms with E-state index in [0.29, 0.717) is 29.8 Å². The Balaban J connectivity index is 1.72. The minimum atomic E-state index is 0.343. The number of carbonyl (C=O) groups excluding carboxylic acids is 1. The highest BCUT2D eigenvalue weighted by Gasteiger charge is 2.44. The molecule has 1 saturated heterocycles. The van der Waals surface area contributed by atoms with Crippen molar-refractivity contribution < 1.29 is 4.79 Å². The number of fused-ring (bicyclic) bond motifs is 2. The highest BCUT2D eigenvalue weighted by molar-refractivity contribution is 5.81. The molecule has 3 atom stereocenters. The van der Waals surface area contributed by atoms with Crippen molar-refractivity contribution in [2.75, 3.05) is 6.54 Å². The van der Waals surface area contributed by atoms with Crippen molar-refractivity contribution in [2.45, 2.75) is 44.2 Å². The number of nitrogens with zero attached hydrogens (tertiary/aromatic N) is 1. The molecule has 78 valence electrons. The summed E-state index contributed by atoms with van der Waals surface area (Å²) in [5, 5.41) is 0. The topological polar surface area (TPSA) is 46.3 Å². The van der Waals surface area contributed by atoms with E-state index in [-0.39, 0.29) is 0 Å². The third-order valence-electron chi connectivity index (χ3n) is 3.92. The monoisotopic (exact) mass is 194 g/mol. The molecule has 0 aromatic heterocycles. The second kappa shape index (κ2) is 2.96. The molecular weight excluding hydrogens is 176 g/mol. The van der Waals surface area contributed by atoms with Gasteiger partial charge in [0, 0.05) is 24.5 Å². The van der Waals surface area contributed by atoms with Crippen LogP contribution in [0, 0.1) is 11.8 Å². The third-order valence-corrected chi connectivity index (χ3v) is 3.92. The Morgan fingerprint density at radius 1 is 1.21 bits per heavy atom. The van der Waals surface area contributed by atoms with Crippen molar-refractivity contribution >= 4 is 5.91 Å². The van der Waals surface area contributed by atoms with E-state index in [9.17, 15) is 4.79 Å². The standard InChI is InChI=1S/C11H18N2O/c12-9-3-7-4-10(5-9)13(6-7)11(14)8-1-2-8/h7-10H,1-6,12H2. The fraction of sp³-hybridized carbons (Fsp3) is 0.909. The first-order valence-electron chi connectivity index (χ1n) is 5.80. The lowest BCUT2D eigenvalue weighted by atomic mass is 9.87. The highest BCUT2D eigenvalue weighted by atomic mass is 16.2. The zero-order valence-electron chi connectivity index (χ0n) is 8.48. The summed E-state index contributed by atoms with van der Waals surface area (Å²) < 4.78 is 0. The molecule has 3 aliphatic rings. The lowest BCUT2D eigenvalue weighted by Gasteiger charge is -2.27. The molecule has 0 spiro atoms. The summed E-state index contributed by atoms with van der Waals surface area (Å²) >= 11 is 0. The molecule has 14 heavy (non-hydrogen) atoms. The SMILES string of the molecule is NC1CC2CC(C1)N(C(=O)C1CC1)C2. The van der Waals surface area contributed by atoms with Crippen LogP contribution in [-0.4, -0.2) is 29.4 Å². The maximum Gasteiger partial charge on any atom is 0.225 e. The molecule has 1 amide bonds. The average molecular weight is 194 g/mol. The van der Waals surface area contributed by atoms with Crippen LogP contribution in [0.4, 0.5) is 0 Å². The summed E-state index contributed by atoms with van der Waals surface area (Å²) in [6.07, 6.45) is 5.63. The molecule has 3 fully saturated rings. The molecule has 0 aromatic rings. The lowest BCUT2D eigenvalue weighted by molar-refractivity contribution is -0.133. The van der Waals surface area contributed by atoms with Gasteiger partial charge in [0.2, 0.25) is 5.91 Å². The average Bonchev–Trinajstić information content (AvgIpc) is 2.91. The Hall–Kier alpha value is -0.570. The molecular formula is C11H18N2O. The number of likely N-dealkylation sites (tertiary alicyclic amines) is 1. The van der Waals surface area contributed by atoms with Gasteiger partial charge in [0.15, 0.2) is 0 Å². The van der Waals surface area contributed by atoms with E-state index in [2.05, 4.69) is 4.90 Å². The molecule has 1 heterocycles. The van der Waals surface area contributed by atoms with Crippen molar-refractivity contribution in [1.29, 1.82) is 0 Å². The van der Waals surface area contributed by atoms with Gasteiger partial charge in [0.25, 0.3) is 0 Å². The van der Waals surface area contributed by atoms with Gasteiger partial charge in [0.05, 0.1) is 0 Å². The molecule has 2 bridgehead atoms. The molecule has 2 N–H and O–H groups in total. The fourth-order valence-electron chi connectivity index (χ4n) is 3.12. The summed E-state index contributed by atoms with van der Waals surface area (Å²) in [6.45, 7) is 0.994. The van der Waals surface area contributed by atoms with E-state index < -0.39 is 0 Å². The quantitative estimate of drug-likeness (QED) is 0.669. The number of hydrogen-bond acceptors (Lipinski definition) is 2. The van der Waals surface area contributed by atoms with Gasteiger partial charge in [-0.25, -0.2) is 0 Å². The van der Waals surface area contributed by atoms with Crippen LogP contribution >= 0.6 is 0 Å². The molecule has 2 aliphatic carbocycles. The molecule has 1 aliphatic heterocycles. The number of hydrogen-bond donors (Lipinski definition) is 1. The number of amides is 1. The maximum atomic E-state index is 11.9. The second-order valence-corrected chi connectivity index (χ2v) is 5.25. The Labute approximate surface area is 84.6 Å². The molecule has 0 radical (unpaired) electrons. The fourth-order valence-corrected chi connectivity index (χ4v) is 3.12. The van der Waals surface area contributed by atoms with Gasteiger partial charge in [0.1, 0.15) is 0 Å². The number of carbonyl (C=O) groups is 1. The number of rotatable bonds is 1. The summed E-state index contributed by atoms with van der Waals surface area (Å²) in [7, 11) is 0. The van der Waals surface area contributed by atoms with Crippen molar-refractivity contribution in [1.82, 2.24) is 4.90 Å². The van der Waals surface area contributed by atoms with E-state index in [0.717, 1.165) is 32.2 Å². The lowest BCUT2D eigenvalue weighted by Crippen LogP contribution is -2.39. The Morgan fingerprint density at radius 3 is 2.71 bits per heavy atom. The van der Waals surface area contributed by atoms with Gasteiger partial charge in [-0.3, -0.25) is 4.79 Å². The molecule has 3 unspecified atom stereocenters. The van der Waals surface area contributed by atoms with E-state index in [1.54, 1.807) is 0 Å². The van der Waals surface area contributed by atoms with E-state index >= 15 is 0 Å². The van der Waals surface area contributed by atoms with E-state index in [4.69, 9.17) is 5.73 Å². The van der Waals surface area contributed by atoms with Gasteiger partial charge in [-0.15, -0.1) is 0 Å². The van der Waals surface area contributed by atoms with Crippen LogP contribution in [0.15, 0.2) is 0 Å². The summed E-state index contributed by atoms with van der Waals surface area (Å²) in [6, 6.07) is 0.826. The van der Waals surface area contributed by atoms with E-state index in [1.165, 1.54) is 6.42 Å². The molecule has 3 nitrogen and oxygen atoms in total. The Morgan fingerprint density at radius 2 is 2.00 bits per heavy atom. The van der Waals surface area contributed by atoms with Crippen LogP contribution in [0.1, 0.15) is 32.1 Å². The van der Waals surface area contributed by atoms with Crippen molar-refractivity contribution in [3.63, 3.8) is 0 Å². The van der Waals surface area contributed by atoms with Gasteiger partial charge in [-0.1, -0.05) is 0 Å². The predicted molar refractivity (Wildman–Crippen MR) is 53.5 cm³/mol. The van der Waals surface area contributed by atoms with Crippen LogP contribution in [0.5, 0.6) is 0 Å². The van der Waals surface area contributed by atoms with Gasteiger partial charge in [-0.05, 0) is 38.0 Å². The van der Waals surface area contributed by atoms with Gasteiger partial charge < -0.3 is 10.6 Å². The zero-order chi connectivity index (χ0) is 9.71. The van der Waals surface area contributed by atoms with Crippen LogP contribution in [0.3, 0.4) is 0 Å². The van der Waals surface area contributed by atoms with Crippen molar-refractivity contribution in [3.05, 3.63) is 0 Å². The summed E-state index contributed by atoms with van der Waals surface area (Å²) in [5.74, 6) is 1.50. The van der Waals surface area contributed by atoms with Gasteiger partial charge >= 0.3 is 0 Å². The normalized spacial score (nSPS) is 41.5. The minimum Gasteiger partial charge on any atom is -0.339 e. The first-order chi connectivity index (χ1) is 6.74. The van der Waals surface area contributed by atoms with Crippen molar-refractivity contribution in [2.24, 2.45) is 17.6 Å². The first kappa shape index (κ1) is 8.72. The van der Waals surface area contributed by atoms with Crippen LogP contribution in [-0.2, 0) is 4.79 Å². The Kier molecular flexibility index (Phi) is 1.84. The highest BCUT2D eigenvalue weighted by Crippen LogP contribution is 2.39. The molecule has 0 aromatic carbocycles. The van der Waals surface area contributed by atoms with Crippen molar-refractivity contribution in [3.8, 4) is 0 Å². The first-order valence-corrected chi connectivity index (χ1v) is 5.80.